The zero-order chi connectivity index (χ0) is 11.7. The Morgan fingerprint density at radius 3 is 2.75 bits per heavy atom. The summed E-state index contributed by atoms with van der Waals surface area (Å²) < 4.78 is 0. The maximum absolute atomic E-state index is 6.07. The van der Waals surface area contributed by atoms with Gasteiger partial charge in [0.25, 0.3) is 0 Å². The third kappa shape index (κ3) is 2.09. The highest BCUT2D eigenvalue weighted by molar-refractivity contribution is 6.42. The minimum atomic E-state index is 0.526. The number of nitrogens with one attached hydrogen (secondary N) is 1. The van der Waals surface area contributed by atoms with E-state index in [-0.39, 0.29) is 0 Å². The van der Waals surface area contributed by atoms with Gasteiger partial charge in [-0.15, -0.1) is 0 Å². The SMILES string of the molecule is CCC(C)N1CCNc2cc(Cl)c(Cl)cc21. The molecule has 1 heterocycles. The van der Waals surface area contributed by atoms with Crippen molar-refractivity contribution in [3.8, 4) is 0 Å². The summed E-state index contributed by atoms with van der Waals surface area (Å²) in [7, 11) is 0. The first-order chi connectivity index (χ1) is 7.63. The summed E-state index contributed by atoms with van der Waals surface area (Å²) in [6.45, 7) is 6.40. The molecule has 1 aromatic carbocycles. The van der Waals surface area contributed by atoms with Gasteiger partial charge in [-0.05, 0) is 25.5 Å². The van der Waals surface area contributed by atoms with Crippen LogP contribution in [0.5, 0.6) is 0 Å². The van der Waals surface area contributed by atoms with Crippen LogP contribution in [-0.4, -0.2) is 19.1 Å². The van der Waals surface area contributed by atoms with E-state index >= 15 is 0 Å². The molecule has 0 bridgehead atoms. The first-order valence-corrected chi connectivity index (χ1v) is 6.38. The van der Waals surface area contributed by atoms with Gasteiger partial charge in [0.05, 0.1) is 21.4 Å². The lowest BCUT2D eigenvalue weighted by Crippen LogP contribution is -2.40. The predicted octanol–water partition coefficient (Wildman–Crippen LogP) is 4.02. The largest absolute Gasteiger partial charge is 0.382 e. The Morgan fingerprint density at radius 1 is 1.38 bits per heavy atom. The van der Waals surface area contributed by atoms with Crippen molar-refractivity contribution in [2.75, 3.05) is 23.3 Å². The maximum Gasteiger partial charge on any atom is 0.0621 e. The van der Waals surface area contributed by atoms with Crippen LogP contribution in [0.25, 0.3) is 0 Å². The third-order valence-corrected chi connectivity index (χ3v) is 3.86. The van der Waals surface area contributed by atoms with E-state index in [4.69, 9.17) is 23.2 Å². The fourth-order valence-electron chi connectivity index (χ4n) is 2.03. The third-order valence-electron chi connectivity index (χ3n) is 3.14. The van der Waals surface area contributed by atoms with E-state index in [0.29, 0.717) is 16.1 Å². The van der Waals surface area contributed by atoms with Crippen LogP contribution in [0.1, 0.15) is 20.3 Å². The van der Waals surface area contributed by atoms with Crippen LogP contribution in [0.4, 0.5) is 11.4 Å². The summed E-state index contributed by atoms with van der Waals surface area (Å²) in [5.74, 6) is 0. The summed E-state index contributed by atoms with van der Waals surface area (Å²) in [6.07, 6.45) is 1.12. The molecule has 0 aromatic heterocycles. The second-order valence-electron chi connectivity index (χ2n) is 4.16. The summed E-state index contributed by atoms with van der Waals surface area (Å²) in [5, 5.41) is 4.59. The molecule has 1 atom stereocenters. The Bertz CT molecular complexity index is 393. The van der Waals surface area contributed by atoms with Gasteiger partial charge in [0.15, 0.2) is 0 Å². The lowest BCUT2D eigenvalue weighted by atomic mass is 10.1. The van der Waals surface area contributed by atoms with Crippen molar-refractivity contribution in [3.63, 3.8) is 0 Å². The first kappa shape index (κ1) is 11.9. The average Bonchev–Trinajstić information content (AvgIpc) is 2.29. The van der Waals surface area contributed by atoms with E-state index in [1.807, 2.05) is 12.1 Å². The van der Waals surface area contributed by atoms with Crippen LogP contribution in [0, 0.1) is 0 Å². The van der Waals surface area contributed by atoms with E-state index in [1.54, 1.807) is 0 Å². The molecule has 0 fully saturated rings. The Kier molecular flexibility index (Phi) is 3.50. The highest BCUT2D eigenvalue weighted by atomic mass is 35.5. The molecule has 1 unspecified atom stereocenters. The molecular weight excluding hydrogens is 243 g/mol. The Labute approximate surface area is 107 Å². The van der Waals surface area contributed by atoms with Crippen molar-refractivity contribution >= 4 is 34.6 Å². The van der Waals surface area contributed by atoms with E-state index in [1.165, 1.54) is 0 Å². The minimum Gasteiger partial charge on any atom is -0.382 e. The van der Waals surface area contributed by atoms with Crippen LogP contribution in [-0.2, 0) is 0 Å². The van der Waals surface area contributed by atoms with Gasteiger partial charge in [-0.1, -0.05) is 30.1 Å². The first-order valence-electron chi connectivity index (χ1n) is 5.63. The molecule has 0 aliphatic carbocycles. The fraction of sp³-hybridized carbons (Fsp3) is 0.500. The lowest BCUT2D eigenvalue weighted by Gasteiger charge is -2.36. The summed E-state index contributed by atoms with van der Waals surface area (Å²) in [4.78, 5) is 2.38. The van der Waals surface area contributed by atoms with Gasteiger partial charge in [0, 0.05) is 19.1 Å². The smallest absolute Gasteiger partial charge is 0.0621 e. The fourth-order valence-corrected chi connectivity index (χ4v) is 2.35. The van der Waals surface area contributed by atoms with Gasteiger partial charge in [-0.2, -0.15) is 0 Å². The van der Waals surface area contributed by atoms with E-state index < -0.39 is 0 Å². The molecule has 0 amide bonds. The molecule has 0 spiro atoms. The number of hydrogen-bond donors (Lipinski definition) is 1. The average molecular weight is 259 g/mol. The molecular formula is C12H16Cl2N2. The predicted molar refractivity (Wildman–Crippen MR) is 72.1 cm³/mol. The van der Waals surface area contributed by atoms with Crippen molar-refractivity contribution in [1.82, 2.24) is 0 Å². The molecule has 1 aliphatic heterocycles. The van der Waals surface area contributed by atoms with Gasteiger partial charge in [0.2, 0.25) is 0 Å². The molecule has 1 N–H and O–H groups in total. The molecule has 2 rings (SSSR count). The molecule has 4 heteroatoms. The van der Waals surface area contributed by atoms with Crippen molar-refractivity contribution in [1.29, 1.82) is 0 Å². The summed E-state index contributed by atoms with van der Waals surface area (Å²) in [6, 6.07) is 4.39. The Balaban J connectivity index is 2.41. The van der Waals surface area contributed by atoms with Crippen LogP contribution >= 0.6 is 23.2 Å². The van der Waals surface area contributed by atoms with E-state index in [9.17, 15) is 0 Å². The van der Waals surface area contributed by atoms with Crippen molar-refractivity contribution in [3.05, 3.63) is 22.2 Å². The Morgan fingerprint density at radius 2 is 2.06 bits per heavy atom. The highest BCUT2D eigenvalue weighted by Gasteiger charge is 2.21. The van der Waals surface area contributed by atoms with Crippen molar-refractivity contribution < 1.29 is 0 Å². The molecule has 0 saturated heterocycles. The normalized spacial score (nSPS) is 16.6. The molecule has 0 radical (unpaired) electrons. The zero-order valence-corrected chi connectivity index (χ0v) is 11.1. The van der Waals surface area contributed by atoms with Crippen molar-refractivity contribution in [2.24, 2.45) is 0 Å². The molecule has 2 nitrogen and oxygen atoms in total. The number of halogens is 2. The number of nitrogens with zero attached hydrogens (tertiary/aromatic N) is 1. The monoisotopic (exact) mass is 258 g/mol. The molecule has 1 aromatic rings. The van der Waals surface area contributed by atoms with Gasteiger partial charge in [-0.25, -0.2) is 0 Å². The maximum atomic E-state index is 6.07. The molecule has 88 valence electrons. The standard InChI is InChI=1S/C12H16Cl2N2/c1-3-8(2)16-5-4-15-11-6-9(13)10(14)7-12(11)16/h6-8,15H,3-5H2,1-2H3. The topological polar surface area (TPSA) is 15.3 Å². The number of benzene rings is 1. The molecule has 1 aliphatic rings. The highest BCUT2D eigenvalue weighted by Crippen LogP contribution is 2.37. The van der Waals surface area contributed by atoms with Crippen LogP contribution < -0.4 is 10.2 Å². The second kappa shape index (κ2) is 4.72. The van der Waals surface area contributed by atoms with Crippen molar-refractivity contribution in [2.45, 2.75) is 26.3 Å². The summed E-state index contributed by atoms with van der Waals surface area (Å²) >= 11 is 12.1. The minimum absolute atomic E-state index is 0.526. The molecule has 16 heavy (non-hydrogen) atoms. The number of rotatable bonds is 2. The van der Waals surface area contributed by atoms with E-state index in [2.05, 4.69) is 24.1 Å². The van der Waals surface area contributed by atoms with Crippen LogP contribution in [0.2, 0.25) is 10.0 Å². The van der Waals surface area contributed by atoms with Gasteiger partial charge in [-0.3, -0.25) is 0 Å². The molecule has 0 saturated carbocycles. The number of anilines is 2. The van der Waals surface area contributed by atoms with Gasteiger partial charge < -0.3 is 10.2 Å². The van der Waals surface area contributed by atoms with Crippen LogP contribution in [0.3, 0.4) is 0 Å². The zero-order valence-electron chi connectivity index (χ0n) is 9.56. The second-order valence-corrected chi connectivity index (χ2v) is 4.98. The number of hydrogen-bond acceptors (Lipinski definition) is 2. The van der Waals surface area contributed by atoms with Gasteiger partial charge in [0.1, 0.15) is 0 Å². The Hall–Kier alpha value is -0.600. The quantitative estimate of drug-likeness (QED) is 0.862. The van der Waals surface area contributed by atoms with Crippen LogP contribution in [0.15, 0.2) is 12.1 Å². The van der Waals surface area contributed by atoms with Gasteiger partial charge >= 0.3 is 0 Å². The lowest BCUT2D eigenvalue weighted by molar-refractivity contribution is 0.616. The summed E-state index contributed by atoms with van der Waals surface area (Å²) in [5.41, 5.74) is 2.25. The van der Waals surface area contributed by atoms with E-state index in [0.717, 1.165) is 30.9 Å². The number of fused-ring (bicyclic) bond motifs is 1.